The molecule has 0 spiro atoms. The highest BCUT2D eigenvalue weighted by molar-refractivity contribution is 7.93. The van der Waals surface area contributed by atoms with Crippen LogP contribution in [0.4, 0.5) is 11.6 Å². The topological polar surface area (TPSA) is 98.2 Å². The molecule has 6 nitrogen and oxygen atoms in total. The first kappa shape index (κ1) is 20.7. The van der Waals surface area contributed by atoms with E-state index in [1.54, 1.807) is 13.0 Å². The van der Waals surface area contributed by atoms with Crippen molar-refractivity contribution in [3.63, 3.8) is 0 Å². The van der Waals surface area contributed by atoms with Gasteiger partial charge in [-0.15, -0.1) is 11.3 Å². The summed E-state index contributed by atoms with van der Waals surface area (Å²) in [4.78, 5) is 0.906. The number of anilines is 2. The van der Waals surface area contributed by atoms with E-state index in [0.29, 0.717) is 21.6 Å². The van der Waals surface area contributed by atoms with Crippen molar-refractivity contribution in [2.24, 2.45) is 0 Å². The van der Waals surface area contributed by atoms with Gasteiger partial charge in [-0.05, 0) is 30.7 Å². The van der Waals surface area contributed by atoms with Gasteiger partial charge in [-0.3, -0.25) is 0 Å². The minimum atomic E-state index is -4.02. The zero-order valence-electron chi connectivity index (χ0n) is 16.6. The lowest BCUT2D eigenvalue weighted by Gasteiger charge is -2.26. The van der Waals surface area contributed by atoms with Gasteiger partial charge in [0.1, 0.15) is 15.6 Å². The van der Waals surface area contributed by atoms with Crippen LogP contribution in [0.3, 0.4) is 0 Å². The van der Waals surface area contributed by atoms with E-state index in [1.165, 1.54) is 11.3 Å². The Labute approximate surface area is 183 Å². The smallest absolute Gasteiger partial charge is 0.266 e. The molecule has 2 aromatic carbocycles. The van der Waals surface area contributed by atoms with Gasteiger partial charge in [-0.1, -0.05) is 60.9 Å². The fourth-order valence-corrected chi connectivity index (χ4v) is 6.69. The van der Waals surface area contributed by atoms with Gasteiger partial charge in [-0.2, -0.15) is 0 Å². The number of hydrogen-bond acceptors (Lipinski definition) is 6. The summed E-state index contributed by atoms with van der Waals surface area (Å²) in [6.07, 6.45) is 0. The maximum atomic E-state index is 13.5. The summed E-state index contributed by atoms with van der Waals surface area (Å²) < 4.78 is 35.5. The number of benzene rings is 2. The number of aromatic nitrogens is 1. The van der Waals surface area contributed by atoms with E-state index in [1.807, 2.05) is 56.3 Å². The summed E-state index contributed by atoms with van der Waals surface area (Å²) in [5, 5.41) is 4.50. The first-order valence-corrected chi connectivity index (χ1v) is 11.8. The summed E-state index contributed by atoms with van der Waals surface area (Å²) in [7, 11) is -4.02. The summed E-state index contributed by atoms with van der Waals surface area (Å²) in [5.41, 5.74) is 7.25. The quantitative estimate of drug-likeness (QED) is 0.379. The molecule has 4 rings (SSSR count). The van der Waals surface area contributed by atoms with Crippen molar-refractivity contribution in [2.75, 3.05) is 10.5 Å². The van der Waals surface area contributed by atoms with Gasteiger partial charge in [0.25, 0.3) is 15.9 Å². The Kier molecular flexibility index (Phi) is 5.04. The van der Waals surface area contributed by atoms with Crippen molar-refractivity contribution in [1.29, 1.82) is 0 Å². The number of nitrogens with one attached hydrogen (secondary N) is 1. The number of nitrogens with zero attached hydrogens (tertiary/aromatic N) is 1. The Morgan fingerprint density at radius 2 is 1.80 bits per heavy atom. The molecule has 9 heteroatoms. The van der Waals surface area contributed by atoms with Crippen molar-refractivity contribution in [3.8, 4) is 0 Å². The predicted molar refractivity (Wildman–Crippen MR) is 122 cm³/mol. The molecule has 0 aliphatic heterocycles. The Bertz CT molecular complexity index is 1340. The maximum Gasteiger partial charge on any atom is 0.266 e. The average Bonchev–Trinajstić information content (AvgIpc) is 3.25. The molecule has 0 radical (unpaired) electrons. The lowest BCUT2D eigenvalue weighted by atomic mass is 9.83. The third-order valence-electron chi connectivity index (χ3n) is 5.04. The number of aryl methyl sites for hydroxylation is 1. The van der Waals surface area contributed by atoms with Crippen LogP contribution in [0.1, 0.15) is 30.0 Å². The van der Waals surface area contributed by atoms with Gasteiger partial charge in [0.05, 0.1) is 0 Å². The third-order valence-corrected chi connectivity index (χ3v) is 8.52. The van der Waals surface area contributed by atoms with Crippen LogP contribution in [0.5, 0.6) is 0 Å². The fourth-order valence-electron chi connectivity index (χ4n) is 3.33. The number of nitrogens with two attached hydrogens (primary N) is 1. The zero-order valence-corrected chi connectivity index (χ0v) is 19.0. The Balaban J connectivity index is 1.93. The van der Waals surface area contributed by atoms with E-state index < -0.39 is 15.4 Å². The molecule has 0 aliphatic carbocycles. The number of rotatable bonds is 5. The van der Waals surface area contributed by atoms with Crippen molar-refractivity contribution in [2.45, 2.75) is 31.1 Å². The molecule has 0 saturated heterocycles. The highest BCUT2D eigenvalue weighted by atomic mass is 35.5. The van der Waals surface area contributed by atoms with Crippen molar-refractivity contribution >= 4 is 54.6 Å². The number of fused-ring (bicyclic) bond motifs is 1. The van der Waals surface area contributed by atoms with Gasteiger partial charge < -0.3 is 10.3 Å². The van der Waals surface area contributed by atoms with Crippen LogP contribution in [0.2, 0.25) is 5.02 Å². The van der Waals surface area contributed by atoms with E-state index >= 15 is 0 Å². The monoisotopic (exact) mass is 461 g/mol. The molecule has 0 saturated carbocycles. The molecule has 0 bridgehead atoms. The third kappa shape index (κ3) is 3.45. The first-order valence-electron chi connectivity index (χ1n) is 9.14. The summed E-state index contributed by atoms with van der Waals surface area (Å²) in [6.45, 7) is 5.63. The van der Waals surface area contributed by atoms with Crippen LogP contribution < -0.4 is 10.5 Å². The van der Waals surface area contributed by atoms with Gasteiger partial charge in [0.2, 0.25) is 0 Å². The summed E-state index contributed by atoms with van der Waals surface area (Å²) in [6, 6.07) is 14.9. The van der Waals surface area contributed by atoms with Crippen molar-refractivity contribution in [1.82, 2.24) is 5.16 Å². The highest BCUT2D eigenvalue weighted by Crippen LogP contribution is 2.45. The fraction of sp³-hybridized carbons (Fsp3) is 0.190. The Morgan fingerprint density at radius 1 is 1.13 bits per heavy atom. The predicted octanol–water partition coefficient (Wildman–Crippen LogP) is 5.56. The zero-order chi connectivity index (χ0) is 21.7. The molecule has 0 aliphatic rings. The summed E-state index contributed by atoms with van der Waals surface area (Å²) >= 11 is 7.59. The minimum absolute atomic E-state index is 0.0966. The molecule has 2 aromatic heterocycles. The molecule has 3 N–H and O–H groups in total. The Hall–Kier alpha value is -2.55. The van der Waals surface area contributed by atoms with E-state index in [4.69, 9.17) is 21.9 Å². The standard InChI is InChI=1S/C21H20ClN3O3S2/c1-12-17(22)20(28-24-12)25-30(26,27)18-15-6-4-5-7-16(15)29-19(18)21(2,3)13-8-10-14(23)11-9-13/h4-11,25H,23H2,1-3H3. The van der Waals surface area contributed by atoms with E-state index in [2.05, 4.69) is 9.88 Å². The van der Waals surface area contributed by atoms with Crippen LogP contribution in [0, 0.1) is 6.92 Å². The lowest BCUT2D eigenvalue weighted by molar-refractivity contribution is 0.430. The van der Waals surface area contributed by atoms with E-state index in [9.17, 15) is 8.42 Å². The highest BCUT2D eigenvalue weighted by Gasteiger charge is 2.35. The molecular weight excluding hydrogens is 442 g/mol. The van der Waals surface area contributed by atoms with Gasteiger partial charge in [0.15, 0.2) is 0 Å². The Morgan fingerprint density at radius 3 is 2.43 bits per heavy atom. The maximum absolute atomic E-state index is 13.5. The van der Waals surface area contributed by atoms with Crippen molar-refractivity contribution < 1.29 is 12.9 Å². The van der Waals surface area contributed by atoms with E-state index in [0.717, 1.165) is 10.3 Å². The minimum Gasteiger partial charge on any atom is -0.399 e. The molecule has 0 atom stereocenters. The van der Waals surface area contributed by atoms with Gasteiger partial charge in [-0.25, -0.2) is 13.1 Å². The molecule has 0 fully saturated rings. The molecule has 0 amide bonds. The number of nitrogen functional groups attached to an aromatic ring is 1. The molecule has 4 aromatic rings. The van der Waals surface area contributed by atoms with Crippen molar-refractivity contribution in [3.05, 3.63) is 69.7 Å². The largest absolute Gasteiger partial charge is 0.399 e. The molecule has 0 unspecified atom stereocenters. The first-order chi connectivity index (χ1) is 14.1. The number of hydrogen-bond donors (Lipinski definition) is 2. The van der Waals surface area contributed by atoms with Gasteiger partial charge in [0, 0.05) is 26.1 Å². The van der Waals surface area contributed by atoms with Crippen LogP contribution in [0.25, 0.3) is 10.1 Å². The van der Waals surface area contributed by atoms with Crippen LogP contribution in [-0.4, -0.2) is 13.6 Å². The second-order valence-corrected chi connectivity index (χ2v) is 10.6. The van der Waals surface area contributed by atoms with Crippen LogP contribution in [-0.2, 0) is 15.4 Å². The van der Waals surface area contributed by atoms with Crippen LogP contribution in [0.15, 0.2) is 57.9 Å². The molecular formula is C21H20ClN3O3S2. The number of sulfonamides is 1. The van der Waals surface area contributed by atoms with Crippen LogP contribution >= 0.6 is 22.9 Å². The lowest BCUT2D eigenvalue weighted by Crippen LogP contribution is -2.23. The molecule has 156 valence electrons. The summed E-state index contributed by atoms with van der Waals surface area (Å²) in [5.74, 6) is -0.0966. The SMILES string of the molecule is Cc1noc(NS(=O)(=O)c2c(C(C)(C)c3ccc(N)cc3)sc3ccccc23)c1Cl. The number of thiophene rings is 1. The van der Waals surface area contributed by atoms with E-state index in [-0.39, 0.29) is 15.8 Å². The second kappa shape index (κ2) is 7.30. The number of halogens is 1. The normalized spacial score (nSPS) is 12.4. The molecule has 30 heavy (non-hydrogen) atoms. The second-order valence-electron chi connectivity index (χ2n) is 7.52. The van der Waals surface area contributed by atoms with Gasteiger partial charge >= 0.3 is 0 Å². The molecule has 2 heterocycles. The average molecular weight is 462 g/mol.